The molecule has 3 aromatic rings. The highest BCUT2D eigenvalue weighted by atomic mass is 16.4. The Morgan fingerprint density at radius 2 is 1.25 bits per heavy atom. The Balaban J connectivity index is 2.24. The first-order chi connectivity index (χ1) is 11.4. The molecule has 0 spiro atoms. The number of carbonyl (C=O) groups is 1. The van der Waals surface area contributed by atoms with E-state index in [0.29, 0.717) is 6.42 Å². The van der Waals surface area contributed by atoms with E-state index in [9.17, 15) is 9.90 Å². The topological polar surface area (TPSA) is 63.7 Å². The third kappa shape index (κ3) is 2.70. The maximum Gasteiger partial charge on any atom is 0.402 e. The van der Waals surface area contributed by atoms with Gasteiger partial charge >= 0.3 is 11.8 Å². The van der Waals surface area contributed by atoms with Gasteiger partial charge in [-0.3, -0.25) is 4.79 Å². The van der Waals surface area contributed by atoms with Crippen molar-refractivity contribution in [3.63, 3.8) is 0 Å². The quantitative estimate of drug-likeness (QED) is 0.597. The summed E-state index contributed by atoms with van der Waals surface area (Å²) in [6, 6.07) is 0. The summed E-state index contributed by atoms with van der Waals surface area (Å²) in [7, 11) is 5.84. The summed E-state index contributed by atoms with van der Waals surface area (Å²) in [4.78, 5) is 11.3. The van der Waals surface area contributed by atoms with Crippen LogP contribution in [-0.4, -0.2) is 24.8 Å². The number of aryl methyl sites for hydroxylation is 3. The first-order valence-electron chi connectivity index (χ1n) is 7.75. The van der Waals surface area contributed by atoms with Gasteiger partial charge in [0.1, 0.15) is 37.2 Å². The lowest BCUT2D eigenvalue weighted by atomic mass is 10.1. The number of carboxylic acids is 1. The summed E-state index contributed by atoms with van der Waals surface area (Å²) < 4.78 is 12.0. The normalized spacial score (nSPS) is 11.8. The van der Waals surface area contributed by atoms with Crippen LogP contribution in [0.3, 0.4) is 0 Å². The van der Waals surface area contributed by atoms with E-state index in [2.05, 4.69) is 0 Å². The number of imidazole rings is 3. The number of hydrogen-bond donors (Lipinski definition) is 1. The summed E-state index contributed by atoms with van der Waals surface area (Å²) in [5.41, 5.74) is 0. The van der Waals surface area contributed by atoms with Crippen LogP contribution in [0.25, 0.3) is 0 Å². The van der Waals surface area contributed by atoms with Gasteiger partial charge < -0.3 is 5.11 Å². The fraction of sp³-hybridized carbons (Fsp3) is 0.375. The zero-order valence-corrected chi connectivity index (χ0v) is 14.1. The van der Waals surface area contributed by atoms with Gasteiger partial charge in [0, 0.05) is 0 Å². The van der Waals surface area contributed by atoms with E-state index in [-0.39, 0.29) is 6.42 Å². The molecule has 24 heavy (non-hydrogen) atoms. The number of rotatable bonds is 6. The van der Waals surface area contributed by atoms with Gasteiger partial charge in [-0.25, -0.2) is 13.7 Å². The minimum atomic E-state index is -0.816. The van der Waals surface area contributed by atoms with Gasteiger partial charge in [-0.15, -0.1) is 0 Å². The van der Waals surface area contributed by atoms with Crippen molar-refractivity contribution in [1.29, 1.82) is 0 Å². The summed E-state index contributed by atoms with van der Waals surface area (Å²) in [6.45, 7) is 0. The fourth-order valence-corrected chi connectivity index (χ4v) is 3.05. The molecule has 3 rings (SSSR count). The van der Waals surface area contributed by atoms with E-state index >= 15 is 0 Å². The minimum Gasteiger partial charge on any atom is -0.481 e. The van der Waals surface area contributed by atoms with E-state index in [1.807, 2.05) is 105 Å². The Labute approximate surface area is 140 Å². The highest BCUT2D eigenvalue weighted by Gasteiger charge is 2.50. The van der Waals surface area contributed by atoms with E-state index in [1.54, 1.807) is 0 Å². The zero-order chi connectivity index (χ0) is 17.3. The molecule has 8 heteroatoms. The SMILES string of the molecule is C[n+]1ccn(C(CCC(=O)O)(n2cc[n+](C)c2)n2cc[n+](C)c2)c1. The van der Waals surface area contributed by atoms with Crippen molar-refractivity contribution >= 4 is 5.97 Å². The van der Waals surface area contributed by atoms with Crippen molar-refractivity contribution in [2.24, 2.45) is 21.1 Å². The lowest BCUT2D eigenvalue weighted by Crippen LogP contribution is -2.48. The smallest absolute Gasteiger partial charge is 0.402 e. The summed E-state index contributed by atoms with van der Waals surface area (Å²) in [5, 5.41) is 9.29. The maximum atomic E-state index is 11.3. The summed E-state index contributed by atoms with van der Waals surface area (Å²) in [6.07, 6.45) is 18.1. The lowest BCUT2D eigenvalue weighted by Gasteiger charge is -2.23. The van der Waals surface area contributed by atoms with Crippen LogP contribution in [0.2, 0.25) is 0 Å². The van der Waals surface area contributed by atoms with E-state index in [0.717, 1.165) is 0 Å². The number of hydrogen-bond acceptors (Lipinski definition) is 1. The van der Waals surface area contributed by atoms with Crippen LogP contribution < -0.4 is 13.7 Å². The highest BCUT2D eigenvalue weighted by Crippen LogP contribution is 2.26. The Morgan fingerprint density at radius 3 is 1.50 bits per heavy atom. The number of aromatic nitrogens is 6. The maximum absolute atomic E-state index is 11.3. The van der Waals surface area contributed by atoms with Gasteiger partial charge in [0.2, 0.25) is 0 Å². The molecule has 0 bridgehead atoms. The summed E-state index contributed by atoms with van der Waals surface area (Å²) >= 11 is 0. The van der Waals surface area contributed by atoms with Crippen LogP contribution in [-0.2, 0) is 31.7 Å². The Bertz CT molecular complexity index is 761. The average Bonchev–Trinajstić information content (AvgIpc) is 3.23. The van der Waals surface area contributed by atoms with Crippen LogP contribution in [0.5, 0.6) is 0 Å². The van der Waals surface area contributed by atoms with Crippen LogP contribution >= 0.6 is 0 Å². The molecule has 0 saturated carbocycles. The van der Waals surface area contributed by atoms with Gasteiger partial charge in [-0.05, 0) is 0 Å². The Hall–Kier alpha value is -2.90. The lowest BCUT2D eigenvalue weighted by molar-refractivity contribution is -0.673. The predicted molar refractivity (Wildman–Crippen MR) is 82.5 cm³/mol. The number of aliphatic carboxylic acids is 1. The van der Waals surface area contributed by atoms with Crippen LogP contribution in [0.4, 0.5) is 0 Å². The molecule has 0 amide bonds. The molecule has 1 N–H and O–H groups in total. The van der Waals surface area contributed by atoms with Crippen LogP contribution in [0.15, 0.2) is 56.2 Å². The molecule has 0 saturated heterocycles. The first kappa shape index (κ1) is 16.0. The molecule has 0 radical (unpaired) electrons. The molecule has 0 aliphatic heterocycles. The molecule has 0 aromatic carbocycles. The number of carboxylic acid groups (broad SMARTS) is 1. The molecule has 0 unspecified atom stereocenters. The van der Waals surface area contributed by atoms with E-state index in [1.165, 1.54) is 0 Å². The third-order valence-corrected chi connectivity index (χ3v) is 4.22. The standard InChI is InChI=1S/C16H22N6O2/c1-17-6-9-20(12-17)16(5-4-15(23)24,21-10-7-18(2)13-21)22-11-8-19(3)14-22/h6-14H,4-5H2,1-3H3/q+2/p+1. The molecule has 3 aromatic heterocycles. The van der Waals surface area contributed by atoms with Crippen LogP contribution in [0, 0.1) is 0 Å². The molecule has 0 fully saturated rings. The number of nitrogens with zero attached hydrogens (tertiary/aromatic N) is 6. The Kier molecular flexibility index (Phi) is 3.96. The highest BCUT2D eigenvalue weighted by molar-refractivity contribution is 5.66. The van der Waals surface area contributed by atoms with E-state index in [4.69, 9.17) is 0 Å². The predicted octanol–water partition coefficient (Wildman–Crippen LogP) is -0.864. The van der Waals surface area contributed by atoms with Gasteiger partial charge in [-0.1, -0.05) is 0 Å². The monoisotopic (exact) mass is 331 g/mol. The molecule has 0 aliphatic carbocycles. The molecular formula is C16H23N6O2+3. The van der Waals surface area contributed by atoms with Crippen molar-refractivity contribution in [2.45, 2.75) is 18.6 Å². The van der Waals surface area contributed by atoms with Crippen molar-refractivity contribution in [2.75, 3.05) is 0 Å². The second-order valence-electron chi connectivity index (χ2n) is 6.13. The van der Waals surface area contributed by atoms with Gasteiger partial charge in [0.25, 0.3) is 19.0 Å². The zero-order valence-electron chi connectivity index (χ0n) is 14.1. The van der Waals surface area contributed by atoms with Crippen molar-refractivity contribution in [3.05, 3.63) is 56.2 Å². The molecule has 3 heterocycles. The second kappa shape index (κ2) is 5.95. The molecular weight excluding hydrogens is 308 g/mol. The Morgan fingerprint density at radius 1 is 0.875 bits per heavy atom. The molecule has 126 valence electrons. The van der Waals surface area contributed by atoms with Crippen molar-refractivity contribution in [1.82, 2.24) is 13.7 Å². The van der Waals surface area contributed by atoms with E-state index < -0.39 is 11.8 Å². The average molecular weight is 331 g/mol. The minimum absolute atomic E-state index is 0.0473. The summed E-state index contributed by atoms with van der Waals surface area (Å²) in [5.74, 6) is -1.54. The van der Waals surface area contributed by atoms with Gasteiger partial charge in [-0.2, -0.15) is 13.7 Å². The largest absolute Gasteiger partial charge is 0.481 e. The van der Waals surface area contributed by atoms with Crippen molar-refractivity contribution in [3.8, 4) is 0 Å². The van der Waals surface area contributed by atoms with Gasteiger partial charge in [0.05, 0.1) is 34.0 Å². The first-order valence-corrected chi connectivity index (χ1v) is 7.75. The third-order valence-electron chi connectivity index (χ3n) is 4.22. The molecule has 0 atom stereocenters. The van der Waals surface area contributed by atoms with Crippen LogP contribution in [0.1, 0.15) is 12.8 Å². The molecule has 0 aliphatic rings. The van der Waals surface area contributed by atoms with Gasteiger partial charge in [0.15, 0.2) is 0 Å². The second-order valence-corrected chi connectivity index (χ2v) is 6.13. The van der Waals surface area contributed by atoms with Crippen molar-refractivity contribution < 1.29 is 23.6 Å². The fourth-order valence-electron chi connectivity index (χ4n) is 3.05. The molecule has 8 nitrogen and oxygen atoms in total.